The minimum atomic E-state index is -0.129. The maximum absolute atomic E-state index is 12.1. The number of aromatic amines is 1. The average molecular weight is 293 g/mol. The second kappa shape index (κ2) is 5.52. The summed E-state index contributed by atoms with van der Waals surface area (Å²) in [5.41, 5.74) is 0.561. The molecular weight excluding hydrogens is 276 g/mol. The number of nitrogens with one attached hydrogen (secondary N) is 2. The lowest BCUT2D eigenvalue weighted by molar-refractivity contribution is 0.142. The highest BCUT2D eigenvalue weighted by atomic mass is 35.5. The van der Waals surface area contributed by atoms with Crippen LogP contribution in [0.25, 0.3) is 10.9 Å². The van der Waals surface area contributed by atoms with Gasteiger partial charge < -0.3 is 10.3 Å². The Morgan fingerprint density at radius 3 is 2.90 bits per heavy atom. The number of halogens is 1. The number of nitrogens with zero attached hydrogens (tertiary/aromatic N) is 2. The molecule has 1 aromatic carbocycles. The molecule has 20 heavy (non-hydrogen) atoms. The number of rotatable bonds is 4. The minimum Gasteiger partial charge on any atom is -0.314 e. The van der Waals surface area contributed by atoms with Crippen molar-refractivity contribution in [1.29, 1.82) is 0 Å². The van der Waals surface area contributed by atoms with E-state index in [1.54, 1.807) is 18.2 Å². The van der Waals surface area contributed by atoms with Crippen LogP contribution >= 0.6 is 11.6 Å². The number of hydrogen-bond donors (Lipinski definition) is 2. The van der Waals surface area contributed by atoms with Crippen LogP contribution in [-0.2, 0) is 6.54 Å². The molecule has 0 atom stereocenters. The smallest absolute Gasteiger partial charge is 0.258 e. The van der Waals surface area contributed by atoms with Crippen molar-refractivity contribution >= 4 is 22.5 Å². The molecule has 0 saturated carbocycles. The van der Waals surface area contributed by atoms with E-state index in [9.17, 15) is 4.79 Å². The van der Waals surface area contributed by atoms with E-state index in [-0.39, 0.29) is 5.56 Å². The Labute approximate surface area is 122 Å². The van der Waals surface area contributed by atoms with E-state index in [0.29, 0.717) is 34.3 Å². The van der Waals surface area contributed by atoms with Gasteiger partial charge in [0.15, 0.2) is 0 Å². The molecule has 1 fully saturated rings. The number of H-pyrrole nitrogens is 1. The Bertz CT molecular complexity index is 680. The molecule has 6 heteroatoms. The molecular formula is C14H17ClN4O. The first kappa shape index (κ1) is 13.5. The predicted octanol–water partition coefficient (Wildman–Crippen LogP) is 1.37. The quantitative estimate of drug-likeness (QED) is 0.893. The molecule has 0 spiro atoms. The summed E-state index contributed by atoms with van der Waals surface area (Å²) in [6.45, 7) is 5.73. The molecule has 2 aromatic rings. The van der Waals surface area contributed by atoms with Gasteiger partial charge in [0.1, 0.15) is 5.82 Å². The van der Waals surface area contributed by atoms with Crippen molar-refractivity contribution in [2.75, 3.05) is 19.6 Å². The topological polar surface area (TPSA) is 61.0 Å². The summed E-state index contributed by atoms with van der Waals surface area (Å²) >= 11 is 5.91. The zero-order chi connectivity index (χ0) is 14.1. The first-order chi connectivity index (χ1) is 9.67. The van der Waals surface area contributed by atoms with Crippen molar-refractivity contribution in [1.82, 2.24) is 20.2 Å². The minimum absolute atomic E-state index is 0.129. The maximum Gasteiger partial charge on any atom is 0.258 e. The summed E-state index contributed by atoms with van der Waals surface area (Å²) in [5, 5.41) is 4.35. The fourth-order valence-corrected chi connectivity index (χ4v) is 2.63. The fraction of sp³-hybridized carbons (Fsp3) is 0.429. The molecule has 1 saturated heterocycles. The predicted molar refractivity (Wildman–Crippen MR) is 80.1 cm³/mol. The Kier molecular flexibility index (Phi) is 3.74. The molecule has 1 aliphatic heterocycles. The first-order valence-corrected chi connectivity index (χ1v) is 7.18. The van der Waals surface area contributed by atoms with Crippen LogP contribution in [0.3, 0.4) is 0 Å². The molecule has 2 N–H and O–H groups in total. The maximum atomic E-state index is 12.1. The van der Waals surface area contributed by atoms with Gasteiger partial charge in [0.2, 0.25) is 0 Å². The second-order valence-corrected chi connectivity index (χ2v) is 5.49. The highest BCUT2D eigenvalue weighted by Gasteiger charge is 2.23. The third-order valence-electron chi connectivity index (χ3n) is 3.75. The van der Waals surface area contributed by atoms with Gasteiger partial charge in [0, 0.05) is 24.2 Å². The van der Waals surface area contributed by atoms with Gasteiger partial charge in [-0.25, -0.2) is 4.98 Å². The van der Waals surface area contributed by atoms with Gasteiger partial charge in [0.05, 0.1) is 17.4 Å². The van der Waals surface area contributed by atoms with Crippen LogP contribution in [0.4, 0.5) is 0 Å². The average Bonchev–Trinajstić information content (AvgIpc) is 2.37. The van der Waals surface area contributed by atoms with Gasteiger partial charge in [-0.15, -0.1) is 0 Å². The van der Waals surface area contributed by atoms with Crippen molar-refractivity contribution in [3.05, 3.63) is 39.4 Å². The van der Waals surface area contributed by atoms with E-state index in [1.807, 2.05) is 0 Å². The number of likely N-dealkylation sites (N-methyl/N-ethyl adjacent to an activating group) is 1. The first-order valence-electron chi connectivity index (χ1n) is 6.80. The summed E-state index contributed by atoms with van der Waals surface area (Å²) < 4.78 is 0. The molecule has 1 aromatic heterocycles. The third-order valence-corrected chi connectivity index (χ3v) is 3.99. The van der Waals surface area contributed by atoms with Crippen molar-refractivity contribution in [2.24, 2.45) is 0 Å². The van der Waals surface area contributed by atoms with Crippen LogP contribution in [0.2, 0.25) is 5.02 Å². The normalized spacial score (nSPS) is 15.8. The van der Waals surface area contributed by atoms with E-state index in [1.165, 1.54) is 0 Å². The van der Waals surface area contributed by atoms with E-state index in [2.05, 4.69) is 27.1 Å². The van der Waals surface area contributed by atoms with Gasteiger partial charge >= 0.3 is 0 Å². The lowest BCUT2D eigenvalue weighted by atomic mass is 10.1. The number of benzene rings is 1. The molecule has 0 aliphatic carbocycles. The van der Waals surface area contributed by atoms with E-state index >= 15 is 0 Å². The van der Waals surface area contributed by atoms with Crippen LogP contribution < -0.4 is 10.9 Å². The van der Waals surface area contributed by atoms with Crippen molar-refractivity contribution in [3.8, 4) is 0 Å². The standard InChI is InChI=1S/C14H17ClN4O/c1-2-19(10-6-16-7-10)8-13-17-12-4-3-9(15)5-11(12)14(20)18-13/h3-5,10,16H,2,6-8H2,1H3,(H,17,18,20). The molecule has 0 radical (unpaired) electrons. The number of aromatic nitrogens is 2. The van der Waals surface area contributed by atoms with Crippen molar-refractivity contribution in [2.45, 2.75) is 19.5 Å². The van der Waals surface area contributed by atoms with Gasteiger partial charge in [-0.2, -0.15) is 0 Å². The van der Waals surface area contributed by atoms with Crippen LogP contribution in [0.1, 0.15) is 12.7 Å². The molecule has 0 amide bonds. The van der Waals surface area contributed by atoms with E-state index in [0.717, 1.165) is 19.6 Å². The van der Waals surface area contributed by atoms with E-state index < -0.39 is 0 Å². The van der Waals surface area contributed by atoms with Crippen LogP contribution in [-0.4, -0.2) is 40.5 Å². The summed E-state index contributed by atoms with van der Waals surface area (Å²) in [7, 11) is 0. The Morgan fingerprint density at radius 2 is 2.25 bits per heavy atom. The Morgan fingerprint density at radius 1 is 1.45 bits per heavy atom. The van der Waals surface area contributed by atoms with Gasteiger partial charge in [-0.1, -0.05) is 18.5 Å². The number of hydrogen-bond acceptors (Lipinski definition) is 4. The molecule has 0 bridgehead atoms. The second-order valence-electron chi connectivity index (χ2n) is 5.05. The SMILES string of the molecule is CCN(Cc1nc2ccc(Cl)cc2c(=O)[nH]1)C1CNC1. The van der Waals surface area contributed by atoms with Crippen molar-refractivity contribution < 1.29 is 0 Å². The molecule has 3 rings (SSSR count). The summed E-state index contributed by atoms with van der Waals surface area (Å²) in [6, 6.07) is 5.73. The van der Waals surface area contributed by atoms with E-state index in [4.69, 9.17) is 11.6 Å². The van der Waals surface area contributed by atoms with Gasteiger partial charge in [-0.3, -0.25) is 9.69 Å². The molecule has 106 valence electrons. The highest BCUT2D eigenvalue weighted by molar-refractivity contribution is 6.31. The number of fused-ring (bicyclic) bond motifs is 1. The molecule has 1 aliphatic rings. The van der Waals surface area contributed by atoms with Crippen LogP contribution in [0.5, 0.6) is 0 Å². The fourth-order valence-electron chi connectivity index (χ4n) is 2.46. The lowest BCUT2D eigenvalue weighted by Gasteiger charge is -2.37. The monoisotopic (exact) mass is 292 g/mol. The lowest BCUT2D eigenvalue weighted by Crippen LogP contribution is -2.56. The molecule has 5 nitrogen and oxygen atoms in total. The summed E-state index contributed by atoms with van der Waals surface area (Å²) in [4.78, 5) is 21.8. The largest absolute Gasteiger partial charge is 0.314 e. The van der Waals surface area contributed by atoms with Crippen molar-refractivity contribution in [3.63, 3.8) is 0 Å². The van der Waals surface area contributed by atoms with Crippen LogP contribution in [0, 0.1) is 0 Å². The Balaban J connectivity index is 1.92. The third kappa shape index (κ3) is 2.57. The highest BCUT2D eigenvalue weighted by Crippen LogP contribution is 2.15. The molecule has 2 heterocycles. The summed E-state index contributed by atoms with van der Waals surface area (Å²) in [6.07, 6.45) is 0. The van der Waals surface area contributed by atoms with Crippen LogP contribution in [0.15, 0.2) is 23.0 Å². The zero-order valence-electron chi connectivity index (χ0n) is 11.3. The Hall–Kier alpha value is -1.43. The zero-order valence-corrected chi connectivity index (χ0v) is 12.1. The molecule has 0 unspecified atom stereocenters. The summed E-state index contributed by atoms with van der Waals surface area (Å²) in [5.74, 6) is 0.707. The van der Waals surface area contributed by atoms with Gasteiger partial charge in [-0.05, 0) is 24.7 Å². The van der Waals surface area contributed by atoms with Gasteiger partial charge in [0.25, 0.3) is 5.56 Å².